The average Bonchev–Trinajstić information content (AvgIpc) is 3.16. The van der Waals surface area contributed by atoms with Gasteiger partial charge in [-0.05, 0) is 68.1 Å². The molecule has 0 aliphatic heterocycles. The molecule has 5 nitrogen and oxygen atoms in total. The summed E-state index contributed by atoms with van der Waals surface area (Å²) in [5, 5.41) is 9.10. The fourth-order valence-corrected chi connectivity index (χ4v) is 5.93. The Kier molecular flexibility index (Phi) is 6.05. The summed E-state index contributed by atoms with van der Waals surface area (Å²) in [7, 11) is -3.61. The predicted octanol–water partition coefficient (Wildman–Crippen LogP) is 3.84. The number of aliphatic carboxylic acids is 1. The van der Waals surface area contributed by atoms with Gasteiger partial charge >= 0.3 is 5.97 Å². The monoisotopic (exact) mass is 397 g/mol. The summed E-state index contributed by atoms with van der Waals surface area (Å²) in [5.74, 6) is 0.253. The van der Waals surface area contributed by atoms with Crippen molar-refractivity contribution in [3.63, 3.8) is 0 Å². The van der Waals surface area contributed by atoms with E-state index in [1.807, 2.05) is 6.08 Å². The third-order valence-electron chi connectivity index (χ3n) is 5.50. The molecular formula is C19H24ClNO4S. The van der Waals surface area contributed by atoms with Crippen LogP contribution < -0.4 is 4.72 Å². The Morgan fingerprint density at radius 3 is 2.81 bits per heavy atom. The summed E-state index contributed by atoms with van der Waals surface area (Å²) in [5.41, 5.74) is 0. The summed E-state index contributed by atoms with van der Waals surface area (Å²) in [6, 6.07) is 6.21. The number of carboxylic acids is 1. The third kappa shape index (κ3) is 4.48. The van der Waals surface area contributed by atoms with Gasteiger partial charge < -0.3 is 5.11 Å². The normalized spacial score (nSPS) is 28.0. The van der Waals surface area contributed by atoms with Gasteiger partial charge in [0, 0.05) is 17.5 Å². The molecule has 0 unspecified atom stereocenters. The van der Waals surface area contributed by atoms with Gasteiger partial charge in [-0.15, -0.1) is 0 Å². The number of benzene rings is 1. The molecular weight excluding hydrogens is 374 g/mol. The van der Waals surface area contributed by atoms with E-state index >= 15 is 0 Å². The zero-order valence-electron chi connectivity index (χ0n) is 14.5. The van der Waals surface area contributed by atoms with E-state index in [0.717, 1.165) is 19.3 Å². The van der Waals surface area contributed by atoms with E-state index in [0.29, 0.717) is 29.7 Å². The van der Waals surface area contributed by atoms with Gasteiger partial charge in [0.05, 0.1) is 4.90 Å². The molecule has 0 aromatic heterocycles. The predicted molar refractivity (Wildman–Crippen MR) is 101 cm³/mol. The van der Waals surface area contributed by atoms with Crippen LogP contribution in [0.5, 0.6) is 0 Å². The Hall–Kier alpha value is -1.37. The van der Waals surface area contributed by atoms with E-state index in [2.05, 4.69) is 10.8 Å². The van der Waals surface area contributed by atoms with E-state index in [1.165, 1.54) is 6.07 Å². The first kappa shape index (κ1) is 19.4. The molecule has 0 heterocycles. The molecule has 0 spiro atoms. The Labute approximate surface area is 159 Å². The smallest absolute Gasteiger partial charge is 0.303 e. The molecule has 2 fully saturated rings. The highest BCUT2D eigenvalue weighted by atomic mass is 35.5. The van der Waals surface area contributed by atoms with Crippen LogP contribution in [-0.4, -0.2) is 25.5 Å². The highest BCUT2D eigenvalue weighted by Crippen LogP contribution is 2.49. The number of nitrogens with one attached hydrogen (secondary N) is 1. The molecule has 7 heteroatoms. The zero-order chi connectivity index (χ0) is 18.7. The minimum Gasteiger partial charge on any atom is -0.481 e. The first-order chi connectivity index (χ1) is 12.4. The van der Waals surface area contributed by atoms with Crippen molar-refractivity contribution < 1.29 is 18.3 Å². The Bertz CT molecular complexity index is 792. The fourth-order valence-electron chi connectivity index (χ4n) is 4.29. The van der Waals surface area contributed by atoms with Crippen molar-refractivity contribution in [1.29, 1.82) is 0 Å². The second kappa shape index (κ2) is 8.11. The van der Waals surface area contributed by atoms with E-state index in [-0.39, 0.29) is 23.3 Å². The van der Waals surface area contributed by atoms with Crippen LogP contribution in [0.15, 0.2) is 41.3 Å². The summed E-state index contributed by atoms with van der Waals surface area (Å²) in [6.45, 7) is 0. The largest absolute Gasteiger partial charge is 0.481 e. The van der Waals surface area contributed by atoms with Crippen molar-refractivity contribution in [2.75, 3.05) is 0 Å². The van der Waals surface area contributed by atoms with E-state index in [1.54, 1.807) is 18.2 Å². The number of carboxylic acid groups (broad SMARTS) is 1. The lowest BCUT2D eigenvalue weighted by Crippen LogP contribution is -2.43. The molecule has 0 saturated heterocycles. The van der Waals surface area contributed by atoms with Gasteiger partial charge in [-0.1, -0.05) is 29.8 Å². The molecule has 3 rings (SSSR count). The molecule has 0 radical (unpaired) electrons. The van der Waals surface area contributed by atoms with Crippen molar-refractivity contribution in [3.8, 4) is 0 Å². The van der Waals surface area contributed by atoms with Crippen LogP contribution in [0, 0.1) is 17.8 Å². The number of sulfonamides is 1. The zero-order valence-corrected chi connectivity index (χ0v) is 16.0. The van der Waals surface area contributed by atoms with Gasteiger partial charge in [0.25, 0.3) is 0 Å². The molecule has 2 N–H and O–H groups in total. The van der Waals surface area contributed by atoms with Crippen molar-refractivity contribution >= 4 is 27.6 Å². The highest BCUT2D eigenvalue weighted by Gasteiger charge is 2.47. The van der Waals surface area contributed by atoms with Crippen LogP contribution in [0.4, 0.5) is 0 Å². The van der Waals surface area contributed by atoms with Crippen LogP contribution in [0.3, 0.4) is 0 Å². The first-order valence-corrected chi connectivity index (χ1v) is 10.9. The second-order valence-corrected chi connectivity index (χ2v) is 9.38. The van der Waals surface area contributed by atoms with E-state index in [4.69, 9.17) is 16.7 Å². The summed E-state index contributed by atoms with van der Waals surface area (Å²) >= 11 is 5.93. The quantitative estimate of drug-likeness (QED) is 0.515. The summed E-state index contributed by atoms with van der Waals surface area (Å²) < 4.78 is 28.4. The maximum atomic E-state index is 12.8. The number of hydrogen-bond acceptors (Lipinski definition) is 3. The Balaban J connectivity index is 1.69. The Morgan fingerprint density at radius 2 is 2.08 bits per heavy atom. The SMILES string of the molecule is O=C(O)CCC/C=C\[C@H]1[C@@H]2CC[C@@H](C2)[C@@H]1NS(=O)(=O)c1cccc(Cl)c1. The van der Waals surface area contributed by atoms with Crippen molar-refractivity contribution in [1.82, 2.24) is 4.72 Å². The molecule has 26 heavy (non-hydrogen) atoms. The standard InChI is InChI=1S/C19H24ClNO4S/c20-15-5-4-6-16(12-15)26(24,25)21-19-14-10-9-13(11-14)17(19)7-2-1-3-8-18(22)23/h2,4-7,12-14,17,19,21H,1,3,8-11H2,(H,22,23)/b7-2-/t13-,14+,17+,19+/m1/s1. The van der Waals surface area contributed by atoms with Crippen molar-refractivity contribution in [2.45, 2.75) is 49.5 Å². The summed E-state index contributed by atoms with van der Waals surface area (Å²) in [4.78, 5) is 10.8. The van der Waals surface area contributed by atoms with Crippen LogP contribution in [0.1, 0.15) is 38.5 Å². The van der Waals surface area contributed by atoms with Crippen LogP contribution in [0.25, 0.3) is 0 Å². The maximum Gasteiger partial charge on any atom is 0.303 e. The number of allylic oxidation sites excluding steroid dienone is 1. The summed E-state index contributed by atoms with van der Waals surface area (Å²) in [6.07, 6.45) is 8.80. The van der Waals surface area contributed by atoms with Gasteiger partial charge in [0.15, 0.2) is 0 Å². The molecule has 2 bridgehead atoms. The van der Waals surface area contributed by atoms with Crippen LogP contribution in [-0.2, 0) is 14.8 Å². The maximum absolute atomic E-state index is 12.8. The second-order valence-electron chi connectivity index (χ2n) is 7.23. The molecule has 2 saturated carbocycles. The van der Waals surface area contributed by atoms with Gasteiger partial charge in [0.1, 0.15) is 0 Å². The van der Waals surface area contributed by atoms with Crippen LogP contribution in [0.2, 0.25) is 5.02 Å². The van der Waals surface area contributed by atoms with Crippen LogP contribution >= 0.6 is 11.6 Å². The minimum atomic E-state index is -3.61. The van der Waals surface area contributed by atoms with E-state index in [9.17, 15) is 13.2 Å². The molecule has 142 valence electrons. The van der Waals surface area contributed by atoms with E-state index < -0.39 is 16.0 Å². The number of hydrogen-bond donors (Lipinski definition) is 2. The number of fused-ring (bicyclic) bond motifs is 2. The van der Waals surface area contributed by atoms with Gasteiger partial charge in [-0.3, -0.25) is 4.79 Å². The minimum absolute atomic E-state index is 0.103. The van der Waals surface area contributed by atoms with Crippen molar-refractivity contribution in [3.05, 3.63) is 41.4 Å². The van der Waals surface area contributed by atoms with Crippen molar-refractivity contribution in [2.24, 2.45) is 17.8 Å². The lowest BCUT2D eigenvalue weighted by atomic mass is 9.84. The molecule has 1 aromatic carbocycles. The molecule has 1 aromatic rings. The highest BCUT2D eigenvalue weighted by molar-refractivity contribution is 7.89. The number of rotatable bonds is 8. The third-order valence-corrected chi connectivity index (χ3v) is 7.19. The number of halogens is 1. The number of unbranched alkanes of at least 4 members (excludes halogenated alkanes) is 1. The number of carbonyl (C=O) groups is 1. The molecule has 2 aliphatic carbocycles. The average molecular weight is 398 g/mol. The lowest BCUT2D eigenvalue weighted by Gasteiger charge is -2.29. The molecule has 4 atom stereocenters. The fraction of sp³-hybridized carbons (Fsp3) is 0.526. The molecule has 2 aliphatic rings. The van der Waals surface area contributed by atoms with Gasteiger partial charge in [-0.25, -0.2) is 13.1 Å². The van der Waals surface area contributed by atoms with Gasteiger partial charge in [-0.2, -0.15) is 0 Å². The van der Waals surface area contributed by atoms with Gasteiger partial charge in [0.2, 0.25) is 10.0 Å². The first-order valence-electron chi connectivity index (χ1n) is 9.03. The Morgan fingerprint density at radius 1 is 1.31 bits per heavy atom. The lowest BCUT2D eigenvalue weighted by molar-refractivity contribution is -0.137. The topological polar surface area (TPSA) is 83.5 Å². The molecule has 0 amide bonds.